The Bertz CT molecular complexity index is 747. The molecule has 0 fully saturated rings. The molecule has 0 bridgehead atoms. The van der Waals surface area contributed by atoms with Crippen molar-refractivity contribution < 1.29 is 14.2 Å². The standard InChI is InChI=1S/C18H24FN3O2Si/c1-25(2,3)9-8-24-12-22-16-5-4-14(23)11-15(16)18(20)13-6-7-21-17(19)10-13/h4-7,10-11,20,22-23H,8-9,12H2,1-3H3. The van der Waals surface area contributed by atoms with Crippen molar-refractivity contribution in [2.24, 2.45) is 0 Å². The molecule has 0 atom stereocenters. The van der Waals surface area contributed by atoms with Crippen LogP contribution in [0.4, 0.5) is 10.1 Å². The highest BCUT2D eigenvalue weighted by atomic mass is 28.3. The summed E-state index contributed by atoms with van der Waals surface area (Å²) in [6.45, 7) is 7.86. The van der Waals surface area contributed by atoms with E-state index in [0.29, 0.717) is 30.2 Å². The van der Waals surface area contributed by atoms with Crippen LogP contribution in [0.2, 0.25) is 25.7 Å². The Morgan fingerprint density at radius 1 is 1.28 bits per heavy atom. The van der Waals surface area contributed by atoms with Crippen LogP contribution in [0.5, 0.6) is 5.75 Å². The minimum Gasteiger partial charge on any atom is -0.508 e. The van der Waals surface area contributed by atoms with E-state index in [1.807, 2.05) is 0 Å². The molecule has 1 heterocycles. The Morgan fingerprint density at radius 2 is 2.04 bits per heavy atom. The molecule has 0 saturated heterocycles. The number of benzene rings is 1. The number of nitrogens with one attached hydrogen (secondary N) is 2. The Kier molecular flexibility index (Phi) is 6.27. The maximum atomic E-state index is 13.3. The molecule has 0 radical (unpaired) electrons. The van der Waals surface area contributed by atoms with Gasteiger partial charge in [0, 0.05) is 43.8 Å². The highest BCUT2D eigenvalue weighted by molar-refractivity contribution is 6.76. The van der Waals surface area contributed by atoms with Crippen molar-refractivity contribution in [2.45, 2.75) is 25.7 Å². The van der Waals surface area contributed by atoms with E-state index in [0.717, 1.165) is 6.04 Å². The van der Waals surface area contributed by atoms with Gasteiger partial charge in [-0.05, 0) is 30.3 Å². The number of ether oxygens (including phenoxy) is 1. The van der Waals surface area contributed by atoms with Crippen LogP contribution in [-0.4, -0.2) is 37.2 Å². The van der Waals surface area contributed by atoms with Gasteiger partial charge in [-0.15, -0.1) is 0 Å². The van der Waals surface area contributed by atoms with E-state index >= 15 is 0 Å². The number of pyridine rings is 1. The van der Waals surface area contributed by atoms with Crippen molar-refractivity contribution in [3.8, 4) is 5.75 Å². The molecule has 25 heavy (non-hydrogen) atoms. The van der Waals surface area contributed by atoms with Gasteiger partial charge < -0.3 is 15.2 Å². The van der Waals surface area contributed by atoms with Gasteiger partial charge in [0.05, 0.1) is 5.71 Å². The second kappa shape index (κ2) is 8.22. The summed E-state index contributed by atoms with van der Waals surface area (Å²) in [6.07, 6.45) is 1.31. The average molecular weight is 361 g/mol. The summed E-state index contributed by atoms with van der Waals surface area (Å²) in [5, 5.41) is 21.2. The fourth-order valence-corrected chi connectivity index (χ4v) is 2.94. The zero-order chi connectivity index (χ0) is 18.4. The molecular weight excluding hydrogens is 337 g/mol. The van der Waals surface area contributed by atoms with Crippen LogP contribution < -0.4 is 5.32 Å². The van der Waals surface area contributed by atoms with E-state index in [-0.39, 0.29) is 11.5 Å². The lowest BCUT2D eigenvalue weighted by Crippen LogP contribution is -2.22. The Hall–Kier alpha value is -2.25. The summed E-state index contributed by atoms with van der Waals surface area (Å²) in [6, 6.07) is 8.52. The van der Waals surface area contributed by atoms with Gasteiger partial charge in [0.15, 0.2) is 0 Å². The lowest BCUT2D eigenvalue weighted by molar-refractivity contribution is 0.166. The smallest absolute Gasteiger partial charge is 0.213 e. The molecule has 1 aromatic heterocycles. The molecule has 0 unspecified atom stereocenters. The number of aromatic hydroxyl groups is 1. The minimum atomic E-state index is -1.13. The SMILES string of the molecule is C[Si](C)(C)CCOCNc1ccc(O)cc1C(=N)c1ccnc(F)c1. The first kappa shape index (κ1) is 19.1. The highest BCUT2D eigenvalue weighted by Gasteiger charge is 2.14. The number of rotatable bonds is 8. The normalized spacial score (nSPS) is 11.4. The molecule has 0 aliphatic carbocycles. The number of halogens is 1. The number of hydrogen-bond donors (Lipinski definition) is 3. The first-order valence-corrected chi connectivity index (χ1v) is 11.8. The van der Waals surface area contributed by atoms with Crippen molar-refractivity contribution in [3.05, 3.63) is 53.6 Å². The molecule has 134 valence electrons. The van der Waals surface area contributed by atoms with Crippen LogP contribution in [-0.2, 0) is 4.74 Å². The number of nitrogens with zero attached hydrogens (tertiary/aromatic N) is 1. The number of hydrogen-bond acceptors (Lipinski definition) is 5. The van der Waals surface area contributed by atoms with Crippen molar-refractivity contribution in [1.29, 1.82) is 5.41 Å². The van der Waals surface area contributed by atoms with E-state index in [4.69, 9.17) is 10.1 Å². The molecule has 0 spiro atoms. The Labute approximate surface area is 148 Å². The van der Waals surface area contributed by atoms with Gasteiger partial charge in [0.2, 0.25) is 5.95 Å². The molecule has 2 rings (SSSR count). The molecule has 0 amide bonds. The summed E-state index contributed by atoms with van der Waals surface area (Å²) < 4.78 is 18.9. The third-order valence-electron chi connectivity index (χ3n) is 3.65. The van der Waals surface area contributed by atoms with Crippen LogP contribution >= 0.6 is 0 Å². The average Bonchev–Trinajstić information content (AvgIpc) is 2.54. The van der Waals surface area contributed by atoms with Crippen LogP contribution in [0.15, 0.2) is 36.5 Å². The second-order valence-electron chi connectivity index (χ2n) is 7.01. The molecule has 5 nitrogen and oxygen atoms in total. The highest BCUT2D eigenvalue weighted by Crippen LogP contribution is 2.24. The van der Waals surface area contributed by atoms with E-state index in [1.165, 1.54) is 24.4 Å². The topological polar surface area (TPSA) is 78.2 Å². The van der Waals surface area contributed by atoms with Crippen LogP contribution in [0.1, 0.15) is 11.1 Å². The summed E-state index contributed by atoms with van der Waals surface area (Å²) in [7, 11) is -1.13. The zero-order valence-corrected chi connectivity index (χ0v) is 15.8. The monoisotopic (exact) mass is 361 g/mol. The third kappa shape index (κ3) is 5.95. The molecular formula is C18H24FN3O2Si. The summed E-state index contributed by atoms with van der Waals surface area (Å²) in [5.74, 6) is -0.605. The molecule has 7 heteroatoms. The lowest BCUT2D eigenvalue weighted by Gasteiger charge is -2.17. The fraction of sp³-hybridized carbons (Fsp3) is 0.333. The largest absolute Gasteiger partial charge is 0.508 e. The first-order valence-electron chi connectivity index (χ1n) is 8.12. The summed E-state index contributed by atoms with van der Waals surface area (Å²) in [4.78, 5) is 3.50. The third-order valence-corrected chi connectivity index (χ3v) is 5.35. The van der Waals surface area contributed by atoms with E-state index in [9.17, 15) is 9.50 Å². The molecule has 1 aromatic carbocycles. The van der Waals surface area contributed by atoms with Crippen LogP contribution in [0.3, 0.4) is 0 Å². The van der Waals surface area contributed by atoms with Crippen molar-refractivity contribution in [3.63, 3.8) is 0 Å². The number of phenolic OH excluding ortho intramolecular Hbond substituents is 1. The lowest BCUT2D eigenvalue weighted by atomic mass is 10.0. The minimum absolute atomic E-state index is 0.0412. The second-order valence-corrected chi connectivity index (χ2v) is 12.6. The molecule has 0 saturated carbocycles. The van der Waals surface area contributed by atoms with Gasteiger partial charge in [0.25, 0.3) is 0 Å². The van der Waals surface area contributed by atoms with E-state index in [2.05, 4.69) is 29.9 Å². The van der Waals surface area contributed by atoms with Crippen molar-refractivity contribution in [2.75, 3.05) is 18.7 Å². The predicted molar refractivity (Wildman–Crippen MR) is 101 cm³/mol. The fourth-order valence-electron chi connectivity index (χ4n) is 2.19. The van der Waals surface area contributed by atoms with E-state index in [1.54, 1.807) is 12.1 Å². The van der Waals surface area contributed by atoms with Gasteiger partial charge in [-0.2, -0.15) is 4.39 Å². The van der Waals surface area contributed by atoms with Gasteiger partial charge in [-0.25, -0.2) is 4.98 Å². The number of phenols is 1. The predicted octanol–water partition coefficient (Wildman–Crippen LogP) is 4.07. The zero-order valence-electron chi connectivity index (χ0n) is 14.8. The molecule has 3 N–H and O–H groups in total. The number of anilines is 1. The van der Waals surface area contributed by atoms with Crippen molar-refractivity contribution in [1.82, 2.24) is 4.98 Å². The van der Waals surface area contributed by atoms with Crippen LogP contribution in [0.25, 0.3) is 0 Å². The van der Waals surface area contributed by atoms with E-state index < -0.39 is 14.0 Å². The van der Waals surface area contributed by atoms with Gasteiger partial charge in [-0.3, -0.25) is 5.41 Å². The van der Waals surface area contributed by atoms with Crippen LogP contribution in [0, 0.1) is 11.4 Å². The summed E-state index contributed by atoms with van der Waals surface area (Å²) in [5.41, 5.74) is 1.61. The quantitative estimate of drug-likeness (QED) is 0.165. The van der Waals surface area contributed by atoms with Crippen molar-refractivity contribution >= 4 is 19.5 Å². The first-order chi connectivity index (χ1) is 11.8. The van der Waals surface area contributed by atoms with Gasteiger partial charge in [0.1, 0.15) is 12.5 Å². The molecule has 2 aromatic rings. The van der Waals surface area contributed by atoms with Gasteiger partial charge in [-0.1, -0.05) is 19.6 Å². The number of aromatic nitrogens is 1. The summed E-state index contributed by atoms with van der Waals surface area (Å²) >= 11 is 0. The molecule has 0 aliphatic heterocycles. The maximum absolute atomic E-state index is 13.3. The molecule has 0 aliphatic rings. The van der Waals surface area contributed by atoms with Gasteiger partial charge >= 0.3 is 0 Å². The Balaban J connectivity index is 2.08. The Morgan fingerprint density at radius 3 is 2.72 bits per heavy atom. The maximum Gasteiger partial charge on any atom is 0.213 e.